The Bertz CT molecular complexity index is 463. The van der Waals surface area contributed by atoms with Gasteiger partial charge in [0.25, 0.3) is 0 Å². The summed E-state index contributed by atoms with van der Waals surface area (Å²) in [5.74, 6) is -4.95. The molecule has 0 aliphatic rings. The van der Waals surface area contributed by atoms with Gasteiger partial charge in [-0.15, -0.1) is 0 Å². The zero-order valence-electron chi connectivity index (χ0n) is 23.0. The molecular weight excluding hydrogens is 490 g/mol. The van der Waals surface area contributed by atoms with Crippen LogP contribution in [0.5, 0.6) is 0 Å². The van der Waals surface area contributed by atoms with Gasteiger partial charge in [-0.1, -0.05) is 0 Å². The molecule has 0 amide bonds. The molecule has 0 heterocycles. The molecule has 0 saturated heterocycles. The van der Waals surface area contributed by atoms with Crippen LogP contribution in [0, 0.1) is 0 Å². The van der Waals surface area contributed by atoms with E-state index in [9.17, 15) is 14.4 Å². The Balaban J connectivity index is 7.52. The van der Waals surface area contributed by atoms with Crippen LogP contribution in [0.15, 0.2) is 0 Å². The van der Waals surface area contributed by atoms with Crippen LogP contribution in [0.3, 0.4) is 0 Å². The molecule has 0 unspecified atom stereocenters. The maximum absolute atomic E-state index is 13.8. The average Bonchev–Trinajstić information content (AvgIpc) is 2.86. The quantitative estimate of drug-likeness (QED) is 0.0731. The first-order chi connectivity index (χ1) is 15.9. The minimum atomic E-state index is -4.02. The van der Waals surface area contributed by atoms with Gasteiger partial charge < -0.3 is 0 Å². The van der Waals surface area contributed by atoms with E-state index in [0.29, 0.717) is 0 Å². The van der Waals surface area contributed by atoms with Gasteiger partial charge in [-0.3, -0.25) is 0 Å². The third-order valence-electron chi connectivity index (χ3n) is 8.05. The monoisotopic (exact) mass is 549 g/mol. The van der Waals surface area contributed by atoms with Crippen LogP contribution >= 0.6 is 11.9 Å². The van der Waals surface area contributed by atoms with E-state index in [1.807, 2.05) is 0 Å². The van der Waals surface area contributed by atoms with E-state index >= 15 is 0 Å². The minimum absolute atomic E-state index is 1.02. The van der Waals surface area contributed by atoms with E-state index in [2.05, 4.69) is 41.5 Å². The molecule has 0 saturated carbocycles. The molecule has 0 aliphatic heterocycles. The van der Waals surface area contributed by atoms with Gasteiger partial charge in [0.2, 0.25) is 0 Å². The second kappa shape index (κ2) is 17.0. The summed E-state index contributed by atoms with van der Waals surface area (Å²) in [6, 6.07) is 0. The second-order valence-electron chi connectivity index (χ2n) is 10.2. The Morgan fingerprint density at radius 1 is 0.424 bits per heavy atom. The predicted octanol–water partition coefficient (Wildman–Crippen LogP) is 8.38. The summed E-state index contributed by atoms with van der Waals surface area (Å²) in [4.78, 5) is 41.3. The van der Waals surface area contributed by atoms with E-state index in [1.54, 1.807) is 0 Å². The summed E-state index contributed by atoms with van der Waals surface area (Å²) in [5.41, 5.74) is 0. The van der Waals surface area contributed by atoms with E-state index in [-0.39, 0.29) is 0 Å². The number of rotatable bonds is 23. The van der Waals surface area contributed by atoms with Crippen molar-refractivity contribution in [3.8, 4) is 0 Å². The Labute approximate surface area is 207 Å². The van der Waals surface area contributed by atoms with Crippen LogP contribution in [0.2, 0.25) is 0 Å². The Kier molecular flexibility index (Phi) is 17.2. The molecule has 0 aliphatic carbocycles. The van der Waals surface area contributed by atoms with Gasteiger partial charge in [-0.25, -0.2) is 0 Å². The van der Waals surface area contributed by atoms with Crippen molar-refractivity contribution in [1.29, 1.82) is 0 Å². The SMILES string of the molecule is CCCC[PH](CCCC)(CCCC)[Fe]([CH]=O)([CH]=O)([CH]=O)[PH](CCCC)(CCCC)CCCC. The molecule has 6 heteroatoms. The molecule has 203 valence electrons. The molecule has 0 N–H and O–H groups in total. The molecule has 0 aromatic rings. The number of carbonyl (C=O) groups is 3. The zero-order valence-corrected chi connectivity index (χ0v) is 26.1. The van der Waals surface area contributed by atoms with Crippen molar-refractivity contribution in [3.63, 3.8) is 0 Å². The Morgan fingerprint density at radius 2 is 0.606 bits per heavy atom. The van der Waals surface area contributed by atoms with Crippen LogP contribution < -0.4 is 0 Å². The van der Waals surface area contributed by atoms with Crippen molar-refractivity contribution in [2.45, 2.75) is 119 Å². The first kappa shape index (κ1) is 33.4. The van der Waals surface area contributed by atoms with Crippen molar-refractivity contribution < 1.29 is 25.3 Å². The van der Waals surface area contributed by atoms with Gasteiger partial charge in [-0.2, -0.15) is 0 Å². The fourth-order valence-electron chi connectivity index (χ4n) is 5.86. The summed E-state index contributed by atoms with van der Waals surface area (Å²) in [5, 5.41) is 3.47. The van der Waals surface area contributed by atoms with Crippen LogP contribution in [0.25, 0.3) is 0 Å². The molecule has 0 fully saturated rings. The van der Waals surface area contributed by atoms with Gasteiger partial charge in [0.1, 0.15) is 0 Å². The Hall–Kier alpha value is 0.389. The second-order valence-corrected chi connectivity index (χ2v) is 36.7. The summed E-state index contributed by atoms with van der Waals surface area (Å²) in [7, 11) is -4.02. The van der Waals surface area contributed by atoms with Crippen LogP contribution in [0.4, 0.5) is 0 Å². The summed E-state index contributed by atoms with van der Waals surface area (Å²) >= 11 is 0. The Morgan fingerprint density at radius 3 is 0.727 bits per heavy atom. The molecule has 0 spiro atoms. The van der Waals surface area contributed by atoms with Crippen molar-refractivity contribution in [3.05, 3.63) is 0 Å². The molecule has 0 rings (SSSR count). The van der Waals surface area contributed by atoms with Crippen molar-refractivity contribution in [1.82, 2.24) is 0 Å². The number of hydrogen-bond donors (Lipinski definition) is 0. The zero-order chi connectivity index (χ0) is 25.3. The van der Waals surface area contributed by atoms with E-state index < -0.39 is 22.8 Å². The normalized spacial score (nSPS) is 14.9. The first-order valence-electron chi connectivity index (χ1n) is 14.0. The third-order valence-corrected chi connectivity index (χ3v) is 52.5. The fourth-order valence-corrected chi connectivity index (χ4v) is 57.3. The fraction of sp³-hybridized carbons (Fsp3) is 0.889. The van der Waals surface area contributed by atoms with Gasteiger partial charge in [0, 0.05) is 0 Å². The molecule has 0 aromatic carbocycles. The van der Waals surface area contributed by atoms with Crippen molar-refractivity contribution in [2.24, 2.45) is 0 Å². The molecule has 33 heavy (non-hydrogen) atoms. The molecule has 3 nitrogen and oxygen atoms in total. The topological polar surface area (TPSA) is 51.2 Å². The standard InChI is InChI=1S/2C12H27P.3CHO.Fe/c2*1-4-7-10-13(11-8-5-2)12-9-6-3;3*1-2;/h2*4-12H2,1-3H3;3*1H;/q;;;;;-2/p+2. The molecule has 0 bridgehead atoms. The number of unbranched alkanes of at least 4 members (excludes halogenated alkanes) is 6. The summed E-state index contributed by atoms with van der Waals surface area (Å²) < 4.78 is 0. The van der Waals surface area contributed by atoms with E-state index in [0.717, 1.165) is 130 Å². The predicted molar refractivity (Wildman–Crippen MR) is 156 cm³/mol. The first-order valence-corrected chi connectivity index (χ1v) is 24.2. The van der Waals surface area contributed by atoms with Crippen molar-refractivity contribution >= 4 is 27.5 Å². The van der Waals surface area contributed by atoms with E-state index in [4.69, 9.17) is 0 Å². The van der Waals surface area contributed by atoms with Crippen LogP contribution in [-0.2, 0) is 25.3 Å². The molecule has 0 aromatic heterocycles. The molecule has 0 atom stereocenters. The van der Waals surface area contributed by atoms with Gasteiger partial charge in [-0.05, 0) is 0 Å². The van der Waals surface area contributed by atoms with Gasteiger partial charge in [0.15, 0.2) is 0 Å². The van der Waals surface area contributed by atoms with Gasteiger partial charge >= 0.3 is 208 Å². The van der Waals surface area contributed by atoms with Crippen LogP contribution in [0.1, 0.15) is 119 Å². The van der Waals surface area contributed by atoms with Gasteiger partial charge in [0.05, 0.1) is 0 Å². The average molecular weight is 550 g/mol. The molecule has 0 radical (unpaired) electrons. The summed E-state index contributed by atoms with van der Waals surface area (Å²) in [6.07, 6.45) is 18.9. The molecular formula is C27H59FeO3P2. The maximum atomic E-state index is 13.8. The van der Waals surface area contributed by atoms with E-state index in [1.165, 1.54) is 0 Å². The summed E-state index contributed by atoms with van der Waals surface area (Å²) in [6.45, 7) is 13.3. The third kappa shape index (κ3) is 6.79. The van der Waals surface area contributed by atoms with Crippen molar-refractivity contribution in [2.75, 3.05) is 37.0 Å². The van der Waals surface area contributed by atoms with Crippen LogP contribution in [-0.4, -0.2) is 52.5 Å². The number of hydrogen-bond acceptors (Lipinski definition) is 3. The number of carbonyl (C=O) groups excluding carboxylic acids is 3.